The van der Waals surface area contributed by atoms with Crippen molar-refractivity contribution in [2.45, 2.75) is 101 Å². The zero-order valence-electron chi connectivity index (χ0n) is 37.0. The van der Waals surface area contributed by atoms with Crippen LogP contribution in [0.15, 0.2) is 85.1 Å². The predicted octanol–water partition coefficient (Wildman–Crippen LogP) is 0.768. The molecule has 1 fully saturated rings. The first-order chi connectivity index (χ1) is 31.6. The minimum atomic E-state index is -1.66. The zero-order chi connectivity index (χ0) is 47.9. The van der Waals surface area contributed by atoms with Crippen molar-refractivity contribution in [1.82, 2.24) is 36.1 Å². The Morgan fingerprint density at radius 3 is 2.18 bits per heavy atom. The molecule has 4 aromatic rings. The second-order valence-corrected chi connectivity index (χ2v) is 16.5. The number of H-pyrrole nitrogens is 1. The summed E-state index contributed by atoms with van der Waals surface area (Å²) in [5.74, 6) is -6.48. The fraction of sp³-hybridized carbons (Fsp3) is 0.404. The number of rotatable bonds is 23. The molecule has 1 aromatic heterocycles. The standard InChI is InChI=1S/C47H59N9O10/c1-3-4-15-38(45(64)54-36(25-41(59)60)43(62)53-35(42(49)61)23-28-11-6-5-7-12-28)55(2)47(66)37(24-30-26-50-34-14-9-8-13-32(30)34)52-40(58)27-51-44(63)39-16-10-21-56(39)46(65)33(48)22-29-17-19-31(57)20-18-29/h5-9,11-14,17-20,26,33,35-39,50,57H,3-4,10,15-16,21-25,27,48H2,1-2H3,(H2,49,61)(H,51,63)(H,52,58)(H,53,62)(H,54,64)(H,59,60)/t33-,35-,36-,37-,38-,39+/m0/s1. The summed E-state index contributed by atoms with van der Waals surface area (Å²) in [5.41, 5.74) is 14.7. The average molecular weight is 910 g/mol. The lowest BCUT2D eigenvalue weighted by atomic mass is 10.0. The number of hydrogen-bond donors (Lipinski definition) is 9. The number of phenols is 1. The van der Waals surface area contributed by atoms with E-state index in [-0.39, 0.29) is 38.0 Å². The normalized spacial score (nSPS) is 15.7. The summed E-state index contributed by atoms with van der Waals surface area (Å²) in [4.78, 5) is 113. The van der Waals surface area contributed by atoms with Gasteiger partial charge in [0.15, 0.2) is 0 Å². The molecule has 2 heterocycles. The van der Waals surface area contributed by atoms with Gasteiger partial charge in [-0.15, -0.1) is 0 Å². The maximum Gasteiger partial charge on any atom is 0.305 e. The lowest BCUT2D eigenvalue weighted by Gasteiger charge is -2.32. The van der Waals surface area contributed by atoms with Crippen LogP contribution in [0.2, 0.25) is 0 Å². The van der Waals surface area contributed by atoms with Gasteiger partial charge in [-0.2, -0.15) is 0 Å². The number of nitrogens with two attached hydrogens (primary N) is 2. The van der Waals surface area contributed by atoms with Gasteiger partial charge in [0.05, 0.1) is 19.0 Å². The highest BCUT2D eigenvalue weighted by Crippen LogP contribution is 2.22. The summed E-state index contributed by atoms with van der Waals surface area (Å²) in [6, 6.07) is 15.0. The fourth-order valence-corrected chi connectivity index (χ4v) is 8.03. The summed E-state index contributed by atoms with van der Waals surface area (Å²) in [6.07, 6.45) is 3.02. The Bertz CT molecular complexity index is 2360. The van der Waals surface area contributed by atoms with E-state index >= 15 is 0 Å². The molecule has 1 aliphatic heterocycles. The number of nitrogens with zero attached hydrogens (tertiary/aromatic N) is 2. The molecule has 6 atom stereocenters. The summed E-state index contributed by atoms with van der Waals surface area (Å²) < 4.78 is 0. The number of hydrogen-bond acceptors (Lipinski definition) is 10. The van der Waals surface area contributed by atoms with Crippen LogP contribution in [0, 0.1) is 0 Å². The number of benzene rings is 3. The van der Waals surface area contributed by atoms with Crippen LogP contribution < -0.4 is 32.7 Å². The molecule has 0 aliphatic carbocycles. The van der Waals surface area contributed by atoms with Gasteiger partial charge in [-0.3, -0.25) is 38.4 Å². The van der Waals surface area contributed by atoms with Gasteiger partial charge in [0.2, 0.25) is 41.4 Å². The number of para-hydroxylation sites is 1. The van der Waals surface area contributed by atoms with Gasteiger partial charge in [-0.05, 0) is 60.6 Å². The molecule has 0 radical (unpaired) electrons. The molecule has 19 nitrogen and oxygen atoms in total. The van der Waals surface area contributed by atoms with Crippen molar-refractivity contribution in [2.75, 3.05) is 20.1 Å². The SMILES string of the molecule is CCCC[C@@H](C(=O)N[C@@H](CC(=O)O)C(=O)N[C@@H](Cc1ccccc1)C(N)=O)N(C)C(=O)[C@H](Cc1c[nH]c2ccccc12)NC(=O)CNC(=O)[C@H]1CCCN1C(=O)[C@@H](N)Cc1ccc(O)cc1. The molecule has 19 heteroatoms. The van der Waals surface area contributed by atoms with Crippen LogP contribution >= 0.6 is 0 Å². The van der Waals surface area contributed by atoms with Crippen molar-refractivity contribution in [3.8, 4) is 5.75 Å². The Kier molecular flexibility index (Phi) is 17.8. The molecular formula is C47H59N9O10. The van der Waals surface area contributed by atoms with Gasteiger partial charge in [-0.25, -0.2) is 0 Å². The minimum Gasteiger partial charge on any atom is -0.508 e. The van der Waals surface area contributed by atoms with Crippen molar-refractivity contribution in [1.29, 1.82) is 0 Å². The maximum atomic E-state index is 14.6. The van der Waals surface area contributed by atoms with E-state index in [9.17, 15) is 48.6 Å². The zero-order valence-corrected chi connectivity index (χ0v) is 37.0. The summed E-state index contributed by atoms with van der Waals surface area (Å²) >= 11 is 0. The molecule has 0 bridgehead atoms. The van der Waals surface area contributed by atoms with E-state index in [1.807, 2.05) is 31.2 Å². The molecule has 11 N–H and O–H groups in total. The number of aromatic nitrogens is 1. The largest absolute Gasteiger partial charge is 0.508 e. The number of amides is 7. The van der Waals surface area contributed by atoms with E-state index in [2.05, 4.69) is 26.3 Å². The van der Waals surface area contributed by atoms with Crippen LogP contribution in [-0.2, 0) is 57.6 Å². The van der Waals surface area contributed by atoms with Crippen LogP contribution in [0.1, 0.15) is 62.1 Å². The Morgan fingerprint density at radius 1 is 0.833 bits per heavy atom. The van der Waals surface area contributed by atoms with Crippen molar-refractivity contribution in [3.63, 3.8) is 0 Å². The fourth-order valence-electron chi connectivity index (χ4n) is 8.03. The number of carboxylic acid groups (broad SMARTS) is 1. The monoisotopic (exact) mass is 909 g/mol. The number of carbonyl (C=O) groups excluding carboxylic acids is 7. The molecule has 7 amide bonds. The molecule has 1 aliphatic rings. The second-order valence-electron chi connectivity index (χ2n) is 16.5. The first-order valence-corrected chi connectivity index (χ1v) is 21.9. The van der Waals surface area contributed by atoms with Gasteiger partial charge in [0.25, 0.3) is 0 Å². The van der Waals surface area contributed by atoms with Gasteiger partial charge < -0.3 is 57.7 Å². The predicted molar refractivity (Wildman–Crippen MR) is 243 cm³/mol. The number of aromatic amines is 1. The molecule has 0 spiro atoms. The Balaban J connectivity index is 1.30. The number of primary amides is 1. The topological polar surface area (TPSA) is 299 Å². The number of likely N-dealkylation sites (N-methyl/N-ethyl adjacent to an activating group) is 1. The molecule has 1 saturated heterocycles. The maximum absolute atomic E-state index is 14.6. The molecule has 0 saturated carbocycles. The molecule has 3 aromatic carbocycles. The first kappa shape index (κ1) is 49.7. The van der Waals surface area contributed by atoms with E-state index in [1.165, 1.54) is 24.1 Å². The van der Waals surface area contributed by atoms with E-state index in [1.54, 1.807) is 48.7 Å². The second kappa shape index (κ2) is 23.6. The highest BCUT2D eigenvalue weighted by atomic mass is 16.4. The van der Waals surface area contributed by atoms with Crippen LogP contribution in [-0.4, -0.2) is 129 Å². The van der Waals surface area contributed by atoms with Crippen molar-refractivity contribution < 1.29 is 48.6 Å². The molecular weight excluding hydrogens is 851 g/mol. The third kappa shape index (κ3) is 13.6. The average Bonchev–Trinajstić information content (AvgIpc) is 3.96. The first-order valence-electron chi connectivity index (χ1n) is 21.9. The lowest BCUT2D eigenvalue weighted by molar-refractivity contribution is -0.144. The lowest BCUT2D eigenvalue weighted by Crippen LogP contribution is -2.59. The van der Waals surface area contributed by atoms with Crippen molar-refractivity contribution in [2.24, 2.45) is 11.5 Å². The van der Waals surface area contributed by atoms with Crippen molar-refractivity contribution in [3.05, 3.63) is 102 Å². The number of phenolic OH excluding ortho intramolecular Hbond substituents is 1. The van der Waals surface area contributed by atoms with Crippen LogP contribution in [0.3, 0.4) is 0 Å². The number of aliphatic carboxylic acids is 1. The number of likely N-dealkylation sites (tertiary alicyclic amines) is 1. The van der Waals surface area contributed by atoms with Gasteiger partial charge in [0, 0.05) is 43.5 Å². The number of carbonyl (C=O) groups is 8. The molecule has 5 rings (SSSR count). The van der Waals surface area contributed by atoms with Crippen LogP contribution in [0.25, 0.3) is 10.9 Å². The Hall–Kier alpha value is -7.28. The number of unbranched alkanes of at least 4 members (excludes halogenated alkanes) is 1. The van der Waals surface area contributed by atoms with Crippen molar-refractivity contribution >= 4 is 58.2 Å². The third-order valence-corrected chi connectivity index (χ3v) is 11.6. The quantitative estimate of drug-likeness (QED) is 0.0501. The van der Waals surface area contributed by atoms with E-state index in [0.717, 1.165) is 21.4 Å². The third-order valence-electron chi connectivity index (χ3n) is 11.6. The number of nitrogens with one attached hydrogen (secondary N) is 5. The summed E-state index contributed by atoms with van der Waals surface area (Å²) in [7, 11) is 1.37. The minimum absolute atomic E-state index is 0.00958. The van der Waals surface area contributed by atoms with Crippen LogP contribution in [0.5, 0.6) is 5.75 Å². The molecule has 352 valence electrons. The number of aromatic hydroxyl groups is 1. The Morgan fingerprint density at radius 2 is 1.50 bits per heavy atom. The summed E-state index contributed by atoms with van der Waals surface area (Å²) in [6.45, 7) is 1.60. The Labute approximate surface area is 382 Å². The highest BCUT2D eigenvalue weighted by Gasteiger charge is 2.38. The number of fused-ring (bicyclic) bond motifs is 1. The summed E-state index contributed by atoms with van der Waals surface area (Å²) in [5, 5.41) is 30.4. The molecule has 0 unspecified atom stereocenters. The highest BCUT2D eigenvalue weighted by molar-refractivity contribution is 5.98. The smallest absolute Gasteiger partial charge is 0.305 e. The molecule has 66 heavy (non-hydrogen) atoms. The van der Waals surface area contributed by atoms with Gasteiger partial charge >= 0.3 is 5.97 Å². The van der Waals surface area contributed by atoms with E-state index < -0.39 is 96.5 Å². The van der Waals surface area contributed by atoms with E-state index in [0.29, 0.717) is 36.8 Å². The van der Waals surface area contributed by atoms with Crippen LogP contribution in [0.4, 0.5) is 0 Å². The van der Waals surface area contributed by atoms with Gasteiger partial charge in [-0.1, -0.05) is 80.4 Å². The number of carboxylic acids is 1. The van der Waals surface area contributed by atoms with E-state index in [4.69, 9.17) is 11.5 Å². The van der Waals surface area contributed by atoms with Gasteiger partial charge in [0.1, 0.15) is 36.0 Å².